The zero-order chi connectivity index (χ0) is 16.5. The predicted molar refractivity (Wildman–Crippen MR) is 91.5 cm³/mol. The lowest BCUT2D eigenvalue weighted by atomic mass is 10.2. The Morgan fingerprint density at radius 3 is 2.68 bits per heavy atom. The van der Waals surface area contributed by atoms with E-state index < -0.39 is 0 Å². The van der Waals surface area contributed by atoms with Gasteiger partial charge >= 0.3 is 0 Å². The van der Waals surface area contributed by atoms with E-state index >= 15 is 0 Å². The van der Waals surface area contributed by atoms with Crippen molar-refractivity contribution in [2.75, 3.05) is 34.4 Å². The average molecular weight is 373 g/mol. The molecule has 1 aromatic carbocycles. The third-order valence-corrected chi connectivity index (χ3v) is 3.67. The molecule has 0 atom stereocenters. The Morgan fingerprint density at radius 2 is 2.09 bits per heavy atom. The van der Waals surface area contributed by atoms with Crippen LogP contribution in [0.3, 0.4) is 0 Å². The van der Waals surface area contributed by atoms with E-state index in [1.54, 1.807) is 26.1 Å². The average Bonchev–Trinajstić information content (AvgIpc) is 2.49. The molecule has 0 spiro atoms. The number of carbonyl (C=O) groups is 1. The number of amides is 1. The molecule has 0 aliphatic heterocycles. The van der Waals surface area contributed by atoms with Crippen molar-refractivity contribution in [3.05, 3.63) is 22.2 Å². The largest absolute Gasteiger partial charge is 0.493 e. The van der Waals surface area contributed by atoms with Crippen LogP contribution in [-0.4, -0.2) is 45.2 Å². The zero-order valence-electron chi connectivity index (χ0n) is 13.7. The lowest BCUT2D eigenvalue weighted by Gasteiger charge is -2.14. The van der Waals surface area contributed by atoms with E-state index in [0.717, 1.165) is 22.2 Å². The molecular weight excluding hydrogens is 348 g/mol. The summed E-state index contributed by atoms with van der Waals surface area (Å²) in [6.07, 6.45) is 1.43. The molecule has 22 heavy (non-hydrogen) atoms. The second-order valence-corrected chi connectivity index (χ2v) is 6.03. The first-order valence-corrected chi connectivity index (χ1v) is 8.19. The molecular formula is C16H25BrN2O3. The highest BCUT2D eigenvalue weighted by molar-refractivity contribution is 9.10. The van der Waals surface area contributed by atoms with Crippen molar-refractivity contribution in [2.45, 2.75) is 26.3 Å². The molecule has 0 aromatic heterocycles. The van der Waals surface area contributed by atoms with Gasteiger partial charge in [0.05, 0.1) is 18.2 Å². The van der Waals surface area contributed by atoms with Gasteiger partial charge in [0.2, 0.25) is 5.91 Å². The number of rotatable bonds is 9. The number of benzene rings is 1. The minimum atomic E-state index is 0.120. The fourth-order valence-electron chi connectivity index (χ4n) is 1.87. The Bertz CT molecular complexity index is 493. The van der Waals surface area contributed by atoms with Crippen molar-refractivity contribution in [3.8, 4) is 11.5 Å². The van der Waals surface area contributed by atoms with Gasteiger partial charge in [0.25, 0.3) is 0 Å². The third-order valence-electron chi connectivity index (χ3n) is 3.08. The van der Waals surface area contributed by atoms with Gasteiger partial charge in [-0.1, -0.05) is 6.92 Å². The van der Waals surface area contributed by atoms with Crippen LogP contribution in [0.4, 0.5) is 0 Å². The Hall–Kier alpha value is -1.27. The molecule has 1 aromatic rings. The van der Waals surface area contributed by atoms with Gasteiger partial charge < -0.3 is 19.7 Å². The van der Waals surface area contributed by atoms with Crippen molar-refractivity contribution >= 4 is 21.8 Å². The molecule has 0 bridgehead atoms. The number of hydrogen-bond donors (Lipinski definition) is 1. The van der Waals surface area contributed by atoms with E-state index in [4.69, 9.17) is 9.47 Å². The van der Waals surface area contributed by atoms with Gasteiger partial charge in [0, 0.05) is 33.6 Å². The Morgan fingerprint density at radius 1 is 1.36 bits per heavy atom. The molecule has 6 heteroatoms. The number of carbonyl (C=O) groups excluding carboxylic acids is 1. The summed E-state index contributed by atoms with van der Waals surface area (Å²) in [5, 5.41) is 3.26. The van der Waals surface area contributed by atoms with E-state index in [0.29, 0.717) is 31.9 Å². The highest BCUT2D eigenvalue weighted by Crippen LogP contribution is 2.36. The van der Waals surface area contributed by atoms with Crippen molar-refractivity contribution in [1.82, 2.24) is 10.2 Å². The van der Waals surface area contributed by atoms with Crippen LogP contribution >= 0.6 is 15.9 Å². The number of halogens is 1. The van der Waals surface area contributed by atoms with Gasteiger partial charge in [-0.05, 0) is 40.0 Å². The fourth-order valence-corrected chi connectivity index (χ4v) is 2.48. The highest BCUT2D eigenvalue weighted by atomic mass is 79.9. The monoisotopic (exact) mass is 372 g/mol. The van der Waals surface area contributed by atoms with Gasteiger partial charge in [-0.3, -0.25) is 4.79 Å². The van der Waals surface area contributed by atoms with Crippen LogP contribution in [0.1, 0.15) is 25.3 Å². The summed E-state index contributed by atoms with van der Waals surface area (Å²) < 4.78 is 12.0. The van der Waals surface area contributed by atoms with Gasteiger partial charge in [-0.25, -0.2) is 0 Å². The molecule has 0 saturated carbocycles. The smallest absolute Gasteiger partial charge is 0.223 e. The molecule has 0 unspecified atom stereocenters. The topological polar surface area (TPSA) is 50.8 Å². The maximum absolute atomic E-state index is 11.5. The van der Waals surface area contributed by atoms with E-state index in [2.05, 4.69) is 28.2 Å². The molecule has 1 rings (SSSR count). The Labute approximate surface area is 141 Å². The molecule has 124 valence electrons. The van der Waals surface area contributed by atoms with Gasteiger partial charge in [-0.15, -0.1) is 0 Å². The standard InChI is InChI=1S/C16H25BrN2O3/c1-5-8-22-16-13(17)9-12(10-14(16)21-4)11-18-7-6-15(20)19(2)3/h9-10,18H,5-8,11H2,1-4H3. The minimum absolute atomic E-state index is 0.120. The van der Waals surface area contributed by atoms with E-state index in [1.807, 2.05) is 12.1 Å². The molecule has 0 saturated heterocycles. The molecule has 0 aliphatic rings. The lowest BCUT2D eigenvalue weighted by molar-refractivity contribution is -0.128. The fraction of sp³-hybridized carbons (Fsp3) is 0.562. The van der Waals surface area contributed by atoms with Gasteiger partial charge in [0.1, 0.15) is 0 Å². The van der Waals surface area contributed by atoms with E-state index in [9.17, 15) is 4.79 Å². The summed E-state index contributed by atoms with van der Waals surface area (Å²) >= 11 is 3.53. The highest BCUT2D eigenvalue weighted by Gasteiger charge is 2.11. The molecule has 1 N–H and O–H groups in total. The summed E-state index contributed by atoms with van der Waals surface area (Å²) in [6.45, 7) is 4.03. The van der Waals surface area contributed by atoms with Crippen LogP contribution in [0.5, 0.6) is 11.5 Å². The zero-order valence-corrected chi connectivity index (χ0v) is 15.3. The first kappa shape index (κ1) is 18.8. The number of nitrogens with zero attached hydrogens (tertiary/aromatic N) is 1. The van der Waals surface area contributed by atoms with Crippen LogP contribution in [0.15, 0.2) is 16.6 Å². The molecule has 0 aliphatic carbocycles. The van der Waals surface area contributed by atoms with Crippen molar-refractivity contribution in [3.63, 3.8) is 0 Å². The van der Waals surface area contributed by atoms with Crippen molar-refractivity contribution in [2.24, 2.45) is 0 Å². The van der Waals surface area contributed by atoms with Crippen molar-refractivity contribution in [1.29, 1.82) is 0 Å². The van der Waals surface area contributed by atoms with Crippen LogP contribution in [0, 0.1) is 0 Å². The third kappa shape index (κ3) is 5.85. The molecule has 0 radical (unpaired) electrons. The second-order valence-electron chi connectivity index (χ2n) is 5.17. The quantitative estimate of drug-likeness (QED) is 0.677. The summed E-state index contributed by atoms with van der Waals surface area (Å²) in [6, 6.07) is 3.96. The van der Waals surface area contributed by atoms with Gasteiger partial charge in [0.15, 0.2) is 11.5 Å². The maximum Gasteiger partial charge on any atom is 0.223 e. The predicted octanol–water partition coefficient (Wildman–Crippen LogP) is 2.81. The Kier molecular flexibility index (Phi) is 8.27. The number of ether oxygens (including phenoxy) is 2. The second kappa shape index (κ2) is 9.69. The van der Waals surface area contributed by atoms with Crippen LogP contribution in [0.2, 0.25) is 0 Å². The first-order chi connectivity index (χ1) is 10.5. The summed E-state index contributed by atoms with van der Waals surface area (Å²) in [7, 11) is 5.16. The number of nitrogens with one attached hydrogen (secondary N) is 1. The molecule has 0 fully saturated rings. The maximum atomic E-state index is 11.5. The lowest BCUT2D eigenvalue weighted by Crippen LogP contribution is -2.26. The van der Waals surface area contributed by atoms with E-state index in [1.165, 1.54) is 0 Å². The summed E-state index contributed by atoms with van der Waals surface area (Å²) in [5.74, 6) is 1.56. The molecule has 1 amide bonds. The van der Waals surface area contributed by atoms with Crippen molar-refractivity contribution < 1.29 is 14.3 Å². The first-order valence-electron chi connectivity index (χ1n) is 7.39. The SMILES string of the molecule is CCCOc1c(Br)cc(CNCCC(=O)N(C)C)cc1OC. The molecule has 0 heterocycles. The van der Waals surface area contributed by atoms with Crippen LogP contribution < -0.4 is 14.8 Å². The number of methoxy groups -OCH3 is 1. The number of hydrogen-bond acceptors (Lipinski definition) is 4. The van der Waals surface area contributed by atoms with E-state index in [-0.39, 0.29) is 5.91 Å². The van der Waals surface area contributed by atoms with Gasteiger partial charge in [-0.2, -0.15) is 0 Å². The van der Waals surface area contributed by atoms with Crippen LogP contribution in [0.25, 0.3) is 0 Å². The summed E-state index contributed by atoms with van der Waals surface area (Å²) in [5.41, 5.74) is 1.07. The Balaban J connectivity index is 2.61. The van der Waals surface area contributed by atoms with Crippen LogP contribution in [-0.2, 0) is 11.3 Å². The summed E-state index contributed by atoms with van der Waals surface area (Å²) in [4.78, 5) is 13.1. The molecule has 5 nitrogen and oxygen atoms in total. The normalized spacial score (nSPS) is 10.4. The minimum Gasteiger partial charge on any atom is -0.493 e.